The maximum absolute atomic E-state index is 9.75. The Labute approximate surface area is 126 Å². The van der Waals surface area contributed by atoms with Gasteiger partial charge in [-0.05, 0) is 31.4 Å². The van der Waals surface area contributed by atoms with E-state index in [9.17, 15) is 5.11 Å². The van der Waals surface area contributed by atoms with Gasteiger partial charge in [-0.1, -0.05) is 23.8 Å². The monoisotopic (exact) mass is 310 g/mol. The van der Waals surface area contributed by atoms with Gasteiger partial charge in [0.15, 0.2) is 5.82 Å². The quantitative estimate of drug-likeness (QED) is 0.706. The Morgan fingerprint density at radius 1 is 1.60 bits per heavy atom. The standard InChI is InChI=1S/C13H15ClN4OS/c1-6-4-9(15)12(16-13(6)20)18-11(14)8-5-7(19)2-3-10(8)17-18/h4,7,19H,2-3,5,15H2,1H3,(H,16,20). The van der Waals surface area contributed by atoms with E-state index in [2.05, 4.69) is 10.1 Å². The minimum atomic E-state index is -0.355. The van der Waals surface area contributed by atoms with Gasteiger partial charge in [0.1, 0.15) is 9.79 Å². The molecule has 5 nitrogen and oxygen atoms in total. The zero-order valence-corrected chi connectivity index (χ0v) is 12.6. The van der Waals surface area contributed by atoms with Gasteiger partial charge < -0.3 is 15.8 Å². The van der Waals surface area contributed by atoms with Crippen LogP contribution in [-0.2, 0) is 12.8 Å². The van der Waals surface area contributed by atoms with Crippen LogP contribution in [0.5, 0.6) is 0 Å². The first-order valence-corrected chi connectivity index (χ1v) is 7.20. The van der Waals surface area contributed by atoms with E-state index in [0.29, 0.717) is 34.1 Å². The van der Waals surface area contributed by atoms with Crippen molar-refractivity contribution in [3.8, 4) is 5.82 Å². The average Bonchev–Trinajstić information content (AvgIpc) is 2.71. The maximum Gasteiger partial charge on any atom is 0.157 e. The number of aliphatic hydroxyl groups excluding tert-OH is 1. The lowest BCUT2D eigenvalue weighted by molar-refractivity contribution is 0.158. The molecule has 3 rings (SSSR count). The van der Waals surface area contributed by atoms with Crippen LogP contribution in [0.1, 0.15) is 23.2 Å². The van der Waals surface area contributed by atoms with Crippen LogP contribution in [-0.4, -0.2) is 26.0 Å². The lowest BCUT2D eigenvalue weighted by Crippen LogP contribution is -2.17. The molecule has 1 atom stereocenters. The molecule has 0 spiro atoms. The molecular weight excluding hydrogens is 296 g/mol. The summed E-state index contributed by atoms with van der Waals surface area (Å²) >= 11 is 11.6. The Balaban J connectivity index is 2.17. The topological polar surface area (TPSA) is 79.9 Å². The van der Waals surface area contributed by atoms with Crippen LogP contribution in [0.4, 0.5) is 5.69 Å². The number of nitrogens with zero attached hydrogens (tertiary/aromatic N) is 2. The summed E-state index contributed by atoms with van der Waals surface area (Å²) in [6, 6.07) is 1.81. The van der Waals surface area contributed by atoms with Crippen molar-refractivity contribution in [1.82, 2.24) is 14.8 Å². The second-order valence-electron chi connectivity index (χ2n) is 5.11. The highest BCUT2D eigenvalue weighted by Gasteiger charge is 2.25. The van der Waals surface area contributed by atoms with Gasteiger partial charge in [0.25, 0.3) is 0 Å². The van der Waals surface area contributed by atoms with Crippen LogP contribution >= 0.6 is 23.8 Å². The molecule has 0 amide bonds. The van der Waals surface area contributed by atoms with E-state index in [1.54, 1.807) is 10.7 Å². The smallest absolute Gasteiger partial charge is 0.157 e. The molecule has 106 valence electrons. The molecule has 7 heteroatoms. The maximum atomic E-state index is 9.75. The number of nitrogens with one attached hydrogen (secondary N) is 1. The summed E-state index contributed by atoms with van der Waals surface area (Å²) < 4.78 is 2.19. The molecule has 4 N–H and O–H groups in total. The Hall–Kier alpha value is -1.37. The largest absolute Gasteiger partial charge is 0.396 e. The molecule has 0 fully saturated rings. The summed E-state index contributed by atoms with van der Waals surface area (Å²) in [5.74, 6) is 0.578. The molecule has 2 heterocycles. The van der Waals surface area contributed by atoms with E-state index in [1.165, 1.54) is 0 Å². The Kier molecular flexibility index (Phi) is 3.32. The molecule has 1 aliphatic carbocycles. The number of nitrogen functional groups attached to an aromatic ring is 1. The zero-order valence-electron chi connectivity index (χ0n) is 11.0. The third kappa shape index (κ3) is 2.13. The van der Waals surface area contributed by atoms with Gasteiger partial charge in [0.05, 0.1) is 17.5 Å². The van der Waals surface area contributed by atoms with Crippen LogP contribution in [0.15, 0.2) is 6.07 Å². The molecule has 2 aromatic rings. The first-order valence-electron chi connectivity index (χ1n) is 6.41. The molecule has 1 unspecified atom stereocenters. The fraction of sp³-hybridized carbons (Fsp3) is 0.385. The lowest BCUT2D eigenvalue weighted by Gasteiger charge is -2.15. The van der Waals surface area contributed by atoms with E-state index in [-0.39, 0.29) is 6.10 Å². The molecule has 0 bridgehead atoms. The first kappa shape index (κ1) is 13.6. The summed E-state index contributed by atoms with van der Waals surface area (Å²) in [4.78, 5) is 3.06. The normalized spacial score (nSPS) is 18.1. The number of H-pyrrole nitrogens is 1. The highest BCUT2D eigenvalue weighted by molar-refractivity contribution is 7.71. The highest BCUT2D eigenvalue weighted by Crippen LogP contribution is 2.30. The van der Waals surface area contributed by atoms with Crippen LogP contribution in [0.3, 0.4) is 0 Å². The number of halogens is 1. The summed E-state index contributed by atoms with van der Waals surface area (Å²) in [6.07, 6.45) is 1.60. The van der Waals surface area contributed by atoms with Crippen molar-refractivity contribution in [2.24, 2.45) is 0 Å². The second-order valence-corrected chi connectivity index (χ2v) is 5.88. The minimum Gasteiger partial charge on any atom is -0.396 e. The number of aromatic nitrogens is 3. The van der Waals surface area contributed by atoms with Gasteiger partial charge in [-0.15, -0.1) is 0 Å². The summed E-state index contributed by atoms with van der Waals surface area (Å²) in [7, 11) is 0. The van der Waals surface area contributed by atoms with Crippen LogP contribution in [0.2, 0.25) is 5.15 Å². The number of aliphatic hydroxyl groups is 1. The number of aromatic amines is 1. The third-order valence-corrected chi connectivity index (χ3v) is 4.42. The number of rotatable bonds is 1. The first-order chi connectivity index (χ1) is 9.47. The van der Waals surface area contributed by atoms with Gasteiger partial charge in [-0.3, -0.25) is 0 Å². The van der Waals surface area contributed by atoms with Crippen molar-refractivity contribution < 1.29 is 5.11 Å². The Morgan fingerprint density at radius 3 is 3.10 bits per heavy atom. The van der Waals surface area contributed by atoms with Crippen molar-refractivity contribution in [2.75, 3.05) is 5.73 Å². The number of anilines is 1. The molecule has 1 aliphatic rings. The predicted octanol–water partition coefficient (Wildman–Crippen LogP) is 2.32. The van der Waals surface area contributed by atoms with Gasteiger partial charge in [0, 0.05) is 12.0 Å². The van der Waals surface area contributed by atoms with E-state index in [1.807, 2.05) is 6.92 Å². The highest BCUT2D eigenvalue weighted by atomic mass is 35.5. The average molecular weight is 311 g/mol. The van der Waals surface area contributed by atoms with E-state index < -0.39 is 0 Å². The number of fused-ring (bicyclic) bond motifs is 1. The number of pyridine rings is 1. The fourth-order valence-electron chi connectivity index (χ4n) is 2.48. The Morgan fingerprint density at radius 2 is 2.35 bits per heavy atom. The van der Waals surface area contributed by atoms with Crippen LogP contribution in [0.25, 0.3) is 5.82 Å². The lowest BCUT2D eigenvalue weighted by atomic mass is 9.96. The van der Waals surface area contributed by atoms with E-state index in [4.69, 9.17) is 29.6 Å². The zero-order chi connectivity index (χ0) is 14.4. The molecule has 0 saturated carbocycles. The Bertz CT molecular complexity index is 737. The molecule has 0 saturated heterocycles. The predicted molar refractivity (Wildman–Crippen MR) is 80.9 cm³/mol. The second kappa shape index (κ2) is 4.87. The minimum absolute atomic E-state index is 0.355. The number of aryl methyl sites for hydroxylation is 2. The van der Waals surface area contributed by atoms with Crippen molar-refractivity contribution in [1.29, 1.82) is 0 Å². The molecule has 0 aliphatic heterocycles. The van der Waals surface area contributed by atoms with E-state index in [0.717, 1.165) is 23.2 Å². The third-order valence-electron chi connectivity index (χ3n) is 3.61. The van der Waals surface area contributed by atoms with Crippen molar-refractivity contribution in [3.05, 3.63) is 32.7 Å². The van der Waals surface area contributed by atoms with Crippen molar-refractivity contribution in [2.45, 2.75) is 32.3 Å². The van der Waals surface area contributed by atoms with Gasteiger partial charge in [-0.25, -0.2) is 4.68 Å². The fourth-order valence-corrected chi connectivity index (χ4v) is 2.95. The molecule has 2 aromatic heterocycles. The SMILES string of the molecule is Cc1cc(N)c(-n2nc3c(c2Cl)CC(O)CC3)[nH]c1=S. The van der Waals surface area contributed by atoms with Gasteiger partial charge in [0.2, 0.25) is 0 Å². The molecular formula is C13H15ClN4OS. The number of hydrogen-bond acceptors (Lipinski definition) is 4. The van der Waals surface area contributed by atoms with Gasteiger partial charge >= 0.3 is 0 Å². The van der Waals surface area contributed by atoms with Crippen LogP contribution in [0, 0.1) is 11.6 Å². The summed E-state index contributed by atoms with van der Waals surface area (Å²) in [6.45, 7) is 1.89. The summed E-state index contributed by atoms with van der Waals surface area (Å²) in [5.41, 5.74) is 9.29. The number of nitrogens with two attached hydrogens (primary N) is 1. The van der Waals surface area contributed by atoms with E-state index >= 15 is 0 Å². The van der Waals surface area contributed by atoms with Gasteiger partial charge in [-0.2, -0.15) is 5.10 Å². The molecule has 0 radical (unpaired) electrons. The van der Waals surface area contributed by atoms with Crippen LogP contribution < -0.4 is 5.73 Å². The van der Waals surface area contributed by atoms with Crippen molar-refractivity contribution in [3.63, 3.8) is 0 Å². The van der Waals surface area contributed by atoms with Crippen molar-refractivity contribution >= 4 is 29.5 Å². The molecule has 0 aromatic carbocycles. The summed E-state index contributed by atoms with van der Waals surface area (Å²) in [5, 5.41) is 14.7. The number of hydrogen-bond donors (Lipinski definition) is 3. The molecule has 20 heavy (non-hydrogen) atoms.